The zero-order chi connectivity index (χ0) is 15.2. The van der Waals surface area contributed by atoms with Crippen molar-refractivity contribution in [1.29, 1.82) is 5.41 Å². The van der Waals surface area contributed by atoms with Crippen molar-refractivity contribution in [2.24, 2.45) is 5.73 Å². The lowest BCUT2D eigenvalue weighted by molar-refractivity contribution is 0.204. The van der Waals surface area contributed by atoms with Crippen LogP contribution in [-0.2, 0) is 21.5 Å². The van der Waals surface area contributed by atoms with Crippen molar-refractivity contribution in [3.8, 4) is 0 Å². The highest BCUT2D eigenvalue weighted by Gasteiger charge is 2.17. The number of amidine groups is 1. The summed E-state index contributed by atoms with van der Waals surface area (Å²) in [7, 11) is -0.558. The summed E-state index contributed by atoms with van der Waals surface area (Å²) in [5, 5.41) is 7.37. The zero-order valence-electron chi connectivity index (χ0n) is 11.6. The Morgan fingerprint density at radius 2 is 2.20 bits per heavy atom. The fourth-order valence-corrected chi connectivity index (χ4v) is 2.44. The van der Waals surface area contributed by atoms with Crippen LogP contribution in [0, 0.1) is 5.41 Å². The first-order valence-corrected chi connectivity index (χ1v) is 7.44. The van der Waals surface area contributed by atoms with Crippen LogP contribution in [0.1, 0.15) is 11.1 Å². The summed E-state index contributed by atoms with van der Waals surface area (Å²) in [5.74, 6) is -0.0458. The first-order valence-electron chi connectivity index (χ1n) is 6.00. The number of nitrogens with two attached hydrogens (primary N) is 1. The van der Waals surface area contributed by atoms with E-state index in [2.05, 4.69) is 4.72 Å². The highest BCUT2D eigenvalue weighted by Crippen LogP contribution is 2.09. The molecule has 112 valence electrons. The summed E-state index contributed by atoms with van der Waals surface area (Å²) >= 11 is 0. The molecule has 1 aromatic carbocycles. The minimum atomic E-state index is -3.55. The van der Waals surface area contributed by atoms with Gasteiger partial charge in [0, 0.05) is 32.8 Å². The molecule has 0 aliphatic rings. The highest BCUT2D eigenvalue weighted by atomic mass is 32.2. The van der Waals surface area contributed by atoms with Crippen LogP contribution in [0.3, 0.4) is 0 Å². The van der Waals surface area contributed by atoms with E-state index in [0.29, 0.717) is 12.2 Å². The van der Waals surface area contributed by atoms with E-state index in [-0.39, 0.29) is 18.9 Å². The molecule has 4 N–H and O–H groups in total. The van der Waals surface area contributed by atoms with Gasteiger partial charge in [0.05, 0.1) is 6.61 Å². The molecule has 8 heteroatoms. The van der Waals surface area contributed by atoms with E-state index in [1.165, 1.54) is 18.5 Å². The van der Waals surface area contributed by atoms with Crippen molar-refractivity contribution < 1.29 is 13.2 Å². The van der Waals surface area contributed by atoms with Crippen molar-refractivity contribution in [2.75, 3.05) is 27.3 Å². The van der Waals surface area contributed by atoms with Crippen molar-refractivity contribution in [1.82, 2.24) is 9.03 Å². The molecular formula is C12H20N4O3S. The fourth-order valence-electron chi connectivity index (χ4n) is 1.56. The molecule has 0 aliphatic heterocycles. The number of nitrogens with one attached hydrogen (secondary N) is 2. The topological polar surface area (TPSA) is 109 Å². The molecule has 0 fully saturated rings. The molecule has 0 saturated carbocycles. The van der Waals surface area contributed by atoms with E-state index in [9.17, 15) is 8.42 Å². The average molecular weight is 300 g/mol. The first kappa shape index (κ1) is 16.6. The van der Waals surface area contributed by atoms with Gasteiger partial charge in [0.25, 0.3) is 10.2 Å². The maximum atomic E-state index is 11.9. The number of nitrogen functional groups attached to an aromatic ring is 1. The van der Waals surface area contributed by atoms with Gasteiger partial charge in [-0.05, 0) is 11.6 Å². The molecular weight excluding hydrogens is 280 g/mol. The quantitative estimate of drug-likeness (QED) is 0.353. The Labute approximate surface area is 119 Å². The largest absolute Gasteiger partial charge is 0.384 e. The summed E-state index contributed by atoms with van der Waals surface area (Å²) in [6.07, 6.45) is 0. The van der Waals surface area contributed by atoms with Gasteiger partial charge in [0.2, 0.25) is 0 Å². The molecule has 0 bridgehead atoms. The Kier molecular flexibility index (Phi) is 6.08. The third-order valence-corrected chi connectivity index (χ3v) is 4.16. The maximum Gasteiger partial charge on any atom is 0.279 e. The molecule has 0 heterocycles. The minimum absolute atomic E-state index is 0.0458. The maximum absolute atomic E-state index is 11.9. The number of rotatable bonds is 8. The van der Waals surface area contributed by atoms with Crippen molar-refractivity contribution in [3.63, 3.8) is 0 Å². The smallest absolute Gasteiger partial charge is 0.279 e. The lowest BCUT2D eigenvalue weighted by Gasteiger charge is -2.18. The van der Waals surface area contributed by atoms with Gasteiger partial charge < -0.3 is 10.5 Å². The summed E-state index contributed by atoms with van der Waals surface area (Å²) < 4.78 is 32.3. The van der Waals surface area contributed by atoms with Gasteiger partial charge in [-0.2, -0.15) is 17.4 Å². The third-order valence-electron chi connectivity index (χ3n) is 2.64. The Morgan fingerprint density at radius 1 is 1.50 bits per heavy atom. The van der Waals surface area contributed by atoms with E-state index in [1.807, 2.05) is 0 Å². The van der Waals surface area contributed by atoms with Crippen LogP contribution in [0.2, 0.25) is 0 Å². The second kappa shape index (κ2) is 7.34. The predicted octanol–water partition coefficient (Wildman–Crippen LogP) is -0.117. The van der Waals surface area contributed by atoms with E-state index < -0.39 is 10.2 Å². The van der Waals surface area contributed by atoms with Gasteiger partial charge in [0.15, 0.2) is 0 Å². The van der Waals surface area contributed by atoms with E-state index in [4.69, 9.17) is 15.9 Å². The van der Waals surface area contributed by atoms with Crippen LogP contribution in [0.4, 0.5) is 0 Å². The molecule has 0 aromatic heterocycles. The summed E-state index contributed by atoms with van der Waals surface area (Å²) in [5.41, 5.74) is 6.74. The van der Waals surface area contributed by atoms with Gasteiger partial charge in [-0.3, -0.25) is 5.41 Å². The van der Waals surface area contributed by atoms with Gasteiger partial charge in [0.1, 0.15) is 5.84 Å². The lowest BCUT2D eigenvalue weighted by Crippen LogP contribution is -2.39. The zero-order valence-corrected chi connectivity index (χ0v) is 12.4. The fraction of sp³-hybridized carbons (Fsp3) is 0.417. The Hall–Kier alpha value is -1.48. The van der Waals surface area contributed by atoms with Crippen LogP contribution < -0.4 is 10.5 Å². The van der Waals surface area contributed by atoms with Crippen LogP contribution in [0.5, 0.6) is 0 Å². The summed E-state index contributed by atoms with van der Waals surface area (Å²) in [4.78, 5) is 0. The van der Waals surface area contributed by atoms with Gasteiger partial charge in [-0.1, -0.05) is 18.2 Å². The van der Waals surface area contributed by atoms with E-state index in [0.717, 1.165) is 5.56 Å². The lowest BCUT2D eigenvalue weighted by atomic mass is 10.1. The number of hydrogen-bond donors (Lipinski definition) is 3. The Morgan fingerprint density at radius 3 is 2.80 bits per heavy atom. The third kappa shape index (κ3) is 4.89. The van der Waals surface area contributed by atoms with Crippen molar-refractivity contribution in [2.45, 2.75) is 6.54 Å². The number of hydrogen-bond acceptors (Lipinski definition) is 4. The van der Waals surface area contributed by atoms with Gasteiger partial charge in [-0.15, -0.1) is 0 Å². The molecule has 0 spiro atoms. The molecule has 0 amide bonds. The molecule has 1 rings (SSSR count). The second-order valence-electron chi connectivity index (χ2n) is 4.26. The molecule has 0 aliphatic carbocycles. The van der Waals surface area contributed by atoms with Crippen molar-refractivity contribution >= 4 is 16.0 Å². The number of methoxy groups -OCH3 is 1. The predicted molar refractivity (Wildman–Crippen MR) is 77.7 cm³/mol. The SMILES string of the molecule is COCCNS(=O)(=O)N(C)Cc1cccc(C(=N)N)c1. The van der Waals surface area contributed by atoms with Crippen LogP contribution >= 0.6 is 0 Å². The summed E-state index contributed by atoms with van der Waals surface area (Å²) in [6.45, 7) is 0.729. The number of nitrogens with zero attached hydrogens (tertiary/aromatic N) is 1. The van der Waals surface area contributed by atoms with Crippen LogP contribution in [0.25, 0.3) is 0 Å². The molecule has 0 radical (unpaired) electrons. The first-order chi connectivity index (χ1) is 9.36. The standard InChI is InChI=1S/C12H20N4O3S/c1-16(20(17,18)15-6-7-19-2)9-10-4-3-5-11(8-10)12(13)14/h3-5,8,15H,6-7,9H2,1-2H3,(H3,13,14). The van der Waals surface area contributed by atoms with Crippen LogP contribution in [0.15, 0.2) is 24.3 Å². The van der Waals surface area contributed by atoms with E-state index in [1.54, 1.807) is 24.3 Å². The molecule has 0 unspecified atom stereocenters. The second-order valence-corrected chi connectivity index (χ2v) is 6.12. The van der Waals surface area contributed by atoms with Crippen molar-refractivity contribution in [3.05, 3.63) is 35.4 Å². The number of ether oxygens (including phenoxy) is 1. The van der Waals surface area contributed by atoms with Crippen LogP contribution in [-0.4, -0.2) is 45.9 Å². The molecule has 7 nitrogen and oxygen atoms in total. The summed E-state index contributed by atoms with van der Waals surface area (Å²) in [6, 6.07) is 6.93. The minimum Gasteiger partial charge on any atom is -0.384 e. The van der Waals surface area contributed by atoms with E-state index >= 15 is 0 Å². The highest BCUT2D eigenvalue weighted by molar-refractivity contribution is 7.87. The number of benzene rings is 1. The van der Waals surface area contributed by atoms with Gasteiger partial charge >= 0.3 is 0 Å². The molecule has 0 saturated heterocycles. The Bertz CT molecular complexity index is 560. The normalized spacial score (nSPS) is 11.8. The van der Waals surface area contributed by atoms with Gasteiger partial charge in [-0.25, -0.2) is 0 Å². The Balaban J connectivity index is 2.72. The molecule has 1 aromatic rings. The molecule has 20 heavy (non-hydrogen) atoms. The average Bonchev–Trinajstić information content (AvgIpc) is 2.39. The monoisotopic (exact) mass is 300 g/mol. The molecule has 0 atom stereocenters.